The molecule has 0 aliphatic carbocycles. The SMILES string of the molecule is Cc1ccc(/C=C/C(=O)N2CCN([C@@H]3CCS(=O)(=O)C3)CC2)cc1. The minimum atomic E-state index is -2.85. The largest absolute Gasteiger partial charge is 0.337 e. The van der Waals surface area contributed by atoms with Crippen molar-refractivity contribution in [3.63, 3.8) is 0 Å². The molecule has 1 aromatic carbocycles. The molecule has 0 N–H and O–H groups in total. The van der Waals surface area contributed by atoms with Gasteiger partial charge in [-0.05, 0) is 25.0 Å². The Labute approximate surface area is 143 Å². The highest BCUT2D eigenvalue weighted by atomic mass is 32.2. The zero-order valence-corrected chi connectivity index (χ0v) is 14.8. The molecular weight excluding hydrogens is 324 g/mol. The fourth-order valence-electron chi connectivity index (χ4n) is 3.32. The molecule has 0 unspecified atom stereocenters. The van der Waals surface area contributed by atoms with Crippen LogP contribution in [0.5, 0.6) is 0 Å². The van der Waals surface area contributed by atoms with Crippen LogP contribution in [0.3, 0.4) is 0 Å². The number of piperazine rings is 1. The van der Waals surface area contributed by atoms with E-state index in [4.69, 9.17) is 0 Å². The first-order valence-corrected chi connectivity index (χ1v) is 10.2. The van der Waals surface area contributed by atoms with E-state index in [-0.39, 0.29) is 17.7 Å². The third kappa shape index (κ3) is 4.24. The van der Waals surface area contributed by atoms with E-state index in [9.17, 15) is 13.2 Å². The number of carbonyl (C=O) groups is 1. The average Bonchev–Trinajstić information content (AvgIpc) is 2.94. The zero-order chi connectivity index (χ0) is 17.2. The Balaban J connectivity index is 1.51. The van der Waals surface area contributed by atoms with Gasteiger partial charge in [-0.15, -0.1) is 0 Å². The Morgan fingerprint density at radius 1 is 1.12 bits per heavy atom. The summed E-state index contributed by atoms with van der Waals surface area (Å²) in [7, 11) is -2.85. The van der Waals surface area contributed by atoms with E-state index in [1.54, 1.807) is 6.08 Å². The van der Waals surface area contributed by atoms with E-state index in [1.165, 1.54) is 5.56 Å². The summed E-state index contributed by atoms with van der Waals surface area (Å²) >= 11 is 0. The van der Waals surface area contributed by atoms with Crippen molar-refractivity contribution in [1.82, 2.24) is 9.80 Å². The Morgan fingerprint density at radius 2 is 1.79 bits per heavy atom. The number of sulfone groups is 1. The molecule has 24 heavy (non-hydrogen) atoms. The smallest absolute Gasteiger partial charge is 0.246 e. The number of carbonyl (C=O) groups excluding carboxylic acids is 1. The monoisotopic (exact) mass is 348 g/mol. The van der Waals surface area contributed by atoms with Crippen LogP contribution in [-0.4, -0.2) is 67.9 Å². The number of nitrogens with zero attached hydrogens (tertiary/aromatic N) is 2. The van der Waals surface area contributed by atoms with Crippen LogP contribution in [0, 0.1) is 6.92 Å². The van der Waals surface area contributed by atoms with Gasteiger partial charge in [-0.3, -0.25) is 9.69 Å². The molecule has 1 aromatic rings. The van der Waals surface area contributed by atoms with Gasteiger partial charge < -0.3 is 4.90 Å². The molecule has 2 aliphatic heterocycles. The van der Waals surface area contributed by atoms with Crippen molar-refractivity contribution in [2.75, 3.05) is 37.7 Å². The van der Waals surface area contributed by atoms with Crippen LogP contribution >= 0.6 is 0 Å². The normalized spacial score (nSPS) is 24.5. The first kappa shape index (κ1) is 17.2. The van der Waals surface area contributed by atoms with Gasteiger partial charge in [0.15, 0.2) is 9.84 Å². The van der Waals surface area contributed by atoms with Gasteiger partial charge in [0, 0.05) is 38.3 Å². The fraction of sp³-hybridized carbons (Fsp3) is 0.500. The quantitative estimate of drug-likeness (QED) is 0.774. The second kappa shape index (κ2) is 7.07. The number of hydrogen-bond acceptors (Lipinski definition) is 4. The Hall–Kier alpha value is -1.66. The molecule has 6 heteroatoms. The lowest BCUT2D eigenvalue weighted by Gasteiger charge is -2.37. The molecule has 2 fully saturated rings. The summed E-state index contributed by atoms with van der Waals surface area (Å²) in [5.74, 6) is 0.596. The predicted octanol–water partition coefficient (Wildman–Crippen LogP) is 1.34. The molecule has 1 atom stereocenters. The summed E-state index contributed by atoms with van der Waals surface area (Å²) in [6.45, 7) is 4.86. The second-order valence-corrected chi connectivity index (χ2v) is 8.89. The number of benzene rings is 1. The maximum atomic E-state index is 12.3. The summed E-state index contributed by atoms with van der Waals surface area (Å²) < 4.78 is 23.2. The van der Waals surface area contributed by atoms with Crippen LogP contribution in [0.15, 0.2) is 30.3 Å². The van der Waals surface area contributed by atoms with Gasteiger partial charge in [0.05, 0.1) is 11.5 Å². The molecule has 5 nitrogen and oxygen atoms in total. The van der Waals surface area contributed by atoms with E-state index in [0.29, 0.717) is 18.8 Å². The highest BCUT2D eigenvalue weighted by Gasteiger charge is 2.34. The number of amides is 1. The van der Waals surface area contributed by atoms with Crippen LogP contribution in [0.25, 0.3) is 6.08 Å². The number of hydrogen-bond donors (Lipinski definition) is 0. The van der Waals surface area contributed by atoms with Crippen molar-refractivity contribution in [3.8, 4) is 0 Å². The Bertz CT molecular complexity index is 717. The van der Waals surface area contributed by atoms with Crippen LogP contribution in [0.1, 0.15) is 17.5 Å². The van der Waals surface area contributed by atoms with E-state index >= 15 is 0 Å². The van der Waals surface area contributed by atoms with Crippen molar-refractivity contribution in [3.05, 3.63) is 41.5 Å². The first-order valence-electron chi connectivity index (χ1n) is 8.41. The lowest BCUT2D eigenvalue weighted by atomic mass is 10.1. The lowest BCUT2D eigenvalue weighted by molar-refractivity contribution is -0.127. The highest BCUT2D eigenvalue weighted by Crippen LogP contribution is 2.19. The average molecular weight is 348 g/mol. The Kier molecular flexibility index (Phi) is 5.06. The summed E-state index contributed by atoms with van der Waals surface area (Å²) in [4.78, 5) is 16.4. The van der Waals surface area contributed by atoms with Crippen molar-refractivity contribution in [2.45, 2.75) is 19.4 Å². The number of rotatable bonds is 3. The maximum Gasteiger partial charge on any atom is 0.246 e. The van der Waals surface area contributed by atoms with E-state index < -0.39 is 9.84 Å². The van der Waals surface area contributed by atoms with Crippen LogP contribution < -0.4 is 0 Å². The topological polar surface area (TPSA) is 57.7 Å². The lowest BCUT2D eigenvalue weighted by Crippen LogP contribution is -2.52. The van der Waals surface area contributed by atoms with Gasteiger partial charge in [0.2, 0.25) is 5.91 Å². The predicted molar refractivity (Wildman–Crippen MR) is 95.4 cm³/mol. The number of aryl methyl sites for hydroxylation is 1. The molecule has 0 saturated carbocycles. The van der Waals surface area contributed by atoms with Crippen molar-refractivity contribution in [1.29, 1.82) is 0 Å². The molecule has 0 aromatic heterocycles. The maximum absolute atomic E-state index is 12.3. The molecule has 1 amide bonds. The van der Waals surface area contributed by atoms with Crippen LogP contribution in [-0.2, 0) is 14.6 Å². The third-order valence-electron chi connectivity index (χ3n) is 4.85. The molecule has 0 spiro atoms. The standard InChI is InChI=1S/C18H24N2O3S/c1-15-2-4-16(5-3-15)6-7-18(21)20-11-9-19(10-12-20)17-8-13-24(22,23)14-17/h2-7,17H,8-14H2,1H3/b7-6+/t17-/m1/s1. The van der Waals surface area contributed by atoms with E-state index in [0.717, 1.165) is 25.1 Å². The van der Waals surface area contributed by atoms with Gasteiger partial charge in [0.25, 0.3) is 0 Å². The molecule has 0 bridgehead atoms. The molecule has 0 radical (unpaired) electrons. The third-order valence-corrected chi connectivity index (χ3v) is 6.60. The van der Waals surface area contributed by atoms with Gasteiger partial charge in [-0.1, -0.05) is 29.8 Å². The Morgan fingerprint density at radius 3 is 2.38 bits per heavy atom. The molecular formula is C18H24N2O3S. The summed E-state index contributed by atoms with van der Waals surface area (Å²) in [6, 6.07) is 8.18. The van der Waals surface area contributed by atoms with Gasteiger partial charge in [-0.25, -0.2) is 8.42 Å². The molecule has 2 saturated heterocycles. The summed E-state index contributed by atoms with van der Waals surface area (Å²) in [6.07, 6.45) is 4.20. The first-order chi connectivity index (χ1) is 11.4. The minimum absolute atomic E-state index is 0.0225. The highest BCUT2D eigenvalue weighted by molar-refractivity contribution is 7.91. The molecule has 130 valence electrons. The molecule has 3 rings (SSSR count). The van der Waals surface area contributed by atoms with Gasteiger partial charge in [-0.2, -0.15) is 0 Å². The van der Waals surface area contributed by atoms with Crippen molar-refractivity contribution >= 4 is 21.8 Å². The van der Waals surface area contributed by atoms with Crippen molar-refractivity contribution < 1.29 is 13.2 Å². The molecule has 2 heterocycles. The van der Waals surface area contributed by atoms with Crippen molar-refractivity contribution in [2.24, 2.45) is 0 Å². The van der Waals surface area contributed by atoms with Crippen LogP contribution in [0.4, 0.5) is 0 Å². The van der Waals surface area contributed by atoms with E-state index in [1.807, 2.05) is 42.2 Å². The van der Waals surface area contributed by atoms with Gasteiger partial charge in [0.1, 0.15) is 0 Å². The minimum Gasteiger partial charge on any atom is -0.337 e. The van der Waals surface area contributed by atoms with Gasteiger partial charge >= 0.3 is 0 Å². The summed E-state index contributed by atoms with van der Waals surface area (Å²) in [5, 5.41) is 0. The fourth-order valence-corrected chi connectivity index (χ4v) is 5.08. The van der Waals surface area contributed by atoms with Crippen LogP contribution in [0.2, 0.25) is 0 Å². The zero-order valence-electron chi connectivity index (χ0n) is 14.0. The molecule has 2 aliphatic rings. The van der Waals surface area contributed by atoms with E-state index in [2.05, 4.69) is 4.90 Å². The second-order valence-electron chi connectivity index (χ2n) is 6.66. The summed E-state index contributed by atoms with van der Waals surface area (Å²) in [5.41, 5.74) is 2.22.